The van der Waals surface area contributed by atoms with Gasteiger partial charge in [0.25, 0.3) is 0 Å². The number of carbonyl (C=O) groups is 3. The van der Waals surface area contributed by atoms with Crippen LogP contribution in [0.3, 0.4) is 0 Å². The first-order valence-corrected chi connectivity index (χ1v) is 9.18. The Morgan fingerprint density at radius 1 is 1.00 bits per heavy atom. The quantitative estimate of drug-likeness (QED) is 0.859. The van der Waals surface area contributed by atoms with E-state index < -0.39 is 12.0 Å². The van der Waals surface area contributed by atoms with Crippen molar-refractivity contribution in [1.29, 1.82) is 0 Å². The van der Waals surface area contributed by atoms with E-state index in [0.717, 1.165) is 32.4 Å². The monoisotopic (exact) mass is 359 g/mol. The molecule has 140 valence electrons. The molecule has 0 radical (unpaired) electrons. The van der Waals surface area contributed by atoms with Crippen molar-refractivity contribution in [1.82, 2.24) is 15.1 Å². The summed E-state index contributed by atoms with van der Waals surface area (Å²) in [6.45, 7) is 2.56. The molecule has 2 aliphatic rings. The van der Waals surface area contributed by atoms with Crippen LogP contribution in [0.5, 0.6) is 0 Å². The number of carbonyl (C=O) groups excluding carboxylic acids is 2. The maximum Gasteiger partial charge on any atom is 0.330 e. The molecule has 26 heavy (non-hydrogen) atoms. The summed E-state index contributed by atoms with van der Waals surface area (Å²) in [7, 11) is 0. The lowest BCUT2D eigenvalue weighted by atomic mass is 9.96. The van der Waals surface area contributed by atoms with Gasteiger partial charge in [0.05, 0.1) is 5.92 Å². The molecule has 1 unspecified atom stereocenters. The fourth-order valence-corrected chi connectivity index (χ4v) is 3.67. The third-order valence-electron chi connectivity index (χ3n) is 5.11. The lowest BCUT2D eigenvalue weighted by Crippen LogP contribution is -2.50. The SMILES string of the molecule is O=C(N[C@H](C(=O)O)c1ccccc1)C1CCCN(C(=O)N2CCCC2)C1. The maximum absolute atomic E-state index is 12.6. The summed E-state index contributed by atoms with van der Waals surface area (Å²) in [6.07, 6.45) is 3.47. The van der Waals surface area contributed by atoms with E-state index in [2.05, 4.69) is 5.32 Å². The second kappa shape index (κ2) is 8.21. The first-order chi connectivity index (χ1) is 12.6. The molecule has 1 aromatic rings. The minimum absolute atomic E-state index is 0.00200. The number of nitrogens with zero attached hydrogens (tertiary/aromatic N) is 2. The summed E-state index contributed by atoms with van der Waals surface area (Å²) < 4.78 is 0. The molecular formula is C19H25N3O4. The average Bonchev–Trinajstić information content (AvgIpc) is 3.20. The van der Waals surface area contributed by atoms with Crippen LogP contribution in [0.25, 0.3) is 0 Å². The van der Waals surface area contributed by atoms with Gasteiger partial charge >= 0.3 is 12.0 Å². The minimum Gasteiger partial charge on any atom is -0.479 e. The summed E-state index contributed by atoms with van der Waals surface area (Å²) in [5.41, 5.74) is 0.536. The van der Waals surface area contributed by atoms with Crippen LogP contribution >= 0.6 is 0 Å². The standard InChI is InChI=1S/C19H25N3O4/c23-17(20-16(18(24)25)14-7-2-1-3-8-14)15-9-6-12-22(13-15)19(26)21-10-4-5-11-21/h1-3,7-8,15-16H,4-6,9-13H2,(H,20,23)(H,24,25)/t15?,16-/m0/s1. The zero-order chi connectivity index (χ0) is 18.5. The number of urea groups is 1. The Balaban J connectivity index is 1.63. The number of benzene rings is 1. The molecule has 0 aromatic heterocycles. The Bertz CT molecular complexity index is 658. The molecule has 0 saturated carbocycles. The summed E-state index contributed by atoms with van der Waals surface area (Å²) in [5.74, 6) is -1.77. The first-order valence-electron chi connectivity index (χ1n) is 9.18. The normalized spacial score (nSPS) is 21.3. The van der Waals surface area contributed by atoms with Crippen LogP contribution in [0.2, 0.25) is 0 Å². The van der Waals surface area contributed by atoms with Gasteiger partial charge in [0, 0.05) is 26.2 Å². The van der Waals surface area contributed by atoms with Crippen molar-refractivity contribution in [3.05, 3.63) is 35.9 Å². The number of carboxylic acids is 1. The Hall–Kier alpha value is -2.57. The molecule has 1 aromatic carbocycles. The molecule has 0 bridgehead atoms. The van der Waals surface area contributed by atoms with Crippen LogP contribution < -0.4 is 5.32 Å². The molecule has 2 saturated heterocycles. The molecular weight excluding hydrogens is 334 g/mol. The largest absolute Gasteiger partial charge is 0.479 e. The van der Waals surface area contributed by atoms with E-state index in [9.17, 15) is 19.5 Å². The smallest absolute Gasteiger partial charge is 0.330 e. The van der Waals surface area contributed by atoms with Gasteiger partial charge in [-0.25, -0.2) is 9.59 Å². The van der Waals surface area contributed by atoms with Gasteiger partial charge in [-0.2, -0.15) is 0 Å². The first kappa shape index (κ1) is 18.2. The zero-order valence-corrected chi connectivity index (χ0v) is 14.8. The summed E-state index contributed by atoms with van der Waals surface area (Å²) in [5, 5.41) is 12.1. The third-order valence-corrected chi connectivity index (χ3v) is 5.11. The van der Waals surface area contributed by atoms with E-state index >= 15 is 0 Å². The molecule has 0 spiro atoms. The van der Waals surface area contributed by atoms with Crippen molar-refractivity contribution in [3.63, 3.8) is 0 Å². The zero-order valence-electron chi connectivity index (χ0n) is 14.8. The number of likely N-dealkylation sites (tertiary alicyclic amines) is 2. The van der Waals surface area contributed by atoms with Crippen LogP contribution in [0.15, 0.2) is 30.3 Å². The number of carboxylic acid groups (broad SMARTS) is 1. The molecule has 7 heteroatoms. The van der Waals surface area contributed by atoms with Crippen molar-refractivity contribution in [3.8, 4) is 0 Å². The van der Waals surface area contributed by atoms with Crippen LogP contribution in [-0.2, 0) is 9.59 Å². The number of aliphatic carboxylic acids is 1. The molecule has 2 heterocycles. The fraction of sp³-hybridized carbons (Fsp3) is 0.526. The van der Waals surface area contributed by atoms with Crippen molar-refractivity contribution in [2.24, 2.45) is 5.92 Å². The second-order valence-corrected chi connectivity index (χ2v) is 6.95. The Morgan fingerprint density at radius 3 is 2.31 bits per heavy atom. The van der Waals surface area contributed by atoms with Crippen LogP contribution in [-0.4, -0.2) is 59.0 Å². The molecule has 3 rings (SSSR count). The molecule has 3 amide bonds. The molecule has 2 aliphatic heterocycles. The van der Waals surface area contributed by atoms with Gasteiger partial charge in [-0.15, -0.1) is 0 Å². The Labute approximate surface area is 153 Å². The van der Waals surface area contributed by atoms with Crippen LogP contribution in [0, 0.1) is 5.92 Å². The summed E-state index contributed by atoms with van der Waals surface area (Å²) in [6, 6.07) is 7.58. The van der Waals surface area contributed by atoms with Crippen molar-refractivity contribution in [2.45, 2.75) is 31.7 Å². The number of nitrogens with one attached hydrogen (secondary N) is 1. The predicted octanol–water partition coefficient (Wildman–Crippen LogP) is 1.86. The molecule has 2 fully saturated rings. The van der Waals surface area contributed by atoms with Gasteiger partial charge in [0.15, 0.2) is 6.04 Å². The predicted molar refractivity (Wildman–Crippen MR) is 95.5 cm³/mol. The topological polar surface area (TPSA) is 90.0 Å². The number of hydrogen-bond donors (Lipinski definition) is 2. The van der Waals surface area contributed by atoms with Crippen LogP contribution in [0.4, 0.5) is 4.79 Å². The van der Waals surface area contributed by atoms with Crippen molar-refractivity contribution in [2.75, 3.05) is 26.2 Å². The van der Waals surface area contributed by atoms with E-state index in [1.165, 1.54) is 0 Å². The molecule has 2 atom stereocenters. The maximum atomic E-state index is 12.6. The number of amides is 3. The third kappa shape index (κ3) is 4.15. The van der Waals surface area contributed by atoms with Gasteiger partial charge in [-0.3, -0.25) is 4.79 Å². The van der Waals surface area contributed by atoms with E-state index in [-0.39, 0.29) is 17.9 Å². The van der Waals surface area contributed by atoms with Crippen molar-refractivity contribution < 1.29 is 19.5 Å². The van der Waals surface area contributed by atoms with Gasteiger partial charge in [0.2, 0.25) is 5.91 Å². The van der Waals surface area contributed by atoms with E-state index in [1.54, 1.807) is 35.2 Å². The van der Waals surface area contributed by atoms with E-state index in [4.69, 9.17) is 0 Å². The number of rotatable bonds is 4. The highest BCUT2D eigenvalue weighted by Gasteiger charge is 2.33. The molecule has 7 nitrogen and oxygen atoms in total. The van der Waals surface area contributed by atoms with E-state index in [0.29, 0.717) is 25.1 Å². The van der Waals surface area contributed by atoms with Gasteiger partial charge in [-0.1, -0.05) is 30.3 Å². The minimum atomic E-state index is -1.09. The van der Waals surface area contributed by atoms with Crippen molar-refractivity contribution >= 4 is 17.9 Å². The Kier molecular flexibility index (Phi) is 5.75. The fourth-order valence-electron chi connectivity index (χ4n) is 3.67. The average molecular weight is 359 g/mol. The van der Waals surface area contributed by atoms with Gasteiger partial charge in [-0.05, 0) is 31.2 Å². The lowest BCUT2D eigenvalue weighted by Gasteiger charge is -2.35. The van der Waals surface area contributed by atoms with Gasteiger partial charge < -0.3 is 20.2 Å². The number of piperidine rings is 1. The molecule has 2 N–H and O–H groups in total. The highest BCUT2D eigenvalue weighted by Crippen LogP contribution is 2.21. The Morgan fingerprint density at radius 2 is 1.65 bits per heavy atom. The van der Waals surface area contributed by atoms with Gasteiger partial charge in [0.1, 0.15) is 0 Å². The van der Waals surface area contributed by atoms with Crippen LogP contribution in [0.1, 0.15) is 37.3 Å². The highest BCUT2D eigenvalue weighted by atomic mass is 16.4. The number of hydrogen-bond acceptors (Lipinski definition) is 3. The molecule has 0 aliphatic carbocycles. The highest BCUT2D eigenvalue weighted by molar-refractivity contribution is 5.86. The lowest BCUT2D eigenvalue weighted by molar-refractivity contribution is -0.143. The van der Waals surface area contributed by atoms with E-state index in [1.807, 2.05) is 4.90 Å². The second-order valence-electron chi connectivity index (χ2n) is 6.95. The summed E-state index contributed by atoms with van der Waals surface area (Å²) in [4.78, 5) is 40.3. The summed E-state index contributed by atoms with van der Waals surface area (Å²) >= 11 is 0.